The summed E-state index contributed by atoms with van der Waals surface area (Å²) >= 11 is 1.35. The van der Waals surface area contributed by atoms with E-state index in [-0.39, 0.29) is 29.3 Å². The Labute approximate surface area is 266 Å². The number of amides is 2. The summed E-state index contributed by atoms with van der Waals surface area (Å²) in [7, 11) is 0. The van der Waals surface area contributed by atoms with Crippen LogP contribution in [0, 0.1) is 17.8 Å². The number of rotatable bonds is 12. The van der Waals surface area contributed by atoms with Crippen molar-refractivity contribution < 1.29 is 57.5 Å². The molecule has 0 radical (unpaired) electrons. The first kappa shape index (κ1) is 34.6. The van der Waals surface area contributed by atoms with Crippen LogP contribution in [0.4, 0.5) is 9.59 Å². The number of β-lactam (4-membered cyclic amide) rings is 1. The van der Waals surface area contributed by atoms with E-state index in [2.05, 4.69) is 5.32 Å². The van der Waals surface area contributed by atoms with Crippen molar-refractivity contribution in [3.63, 3.8) is 0 Å². The average Bonchev–Trinajstić information content (AvgIpc) is 3.51. The van der Waals surface area contributed by atoms with Crippen LogP contribution in [0.25, 0.3) is 0 Å². The van der Waals surface area contributed by atoms with E-state index < -0.39 is 67.3 Å². The highest BCUT2D eigenvalue weighted by molar-refractivity contribution is 8.03. The maximum absolute atomic E-state index is 13.5. The van der Waals surface area contributed by atoms with E-state index in [9.17, 15) is 29.1 Å². The predicted octanol–water partition coefficient (Wildman–Crippen LogP) is 3.33. The molecule has 0 saturated carbocycles. The lowest BCUT2D eigenvalue weighted by Crippen LogP contribution is -2.63. The molecule has 3 heterocycles. The van der Waals surface area contributed by atoms with Gasteiger partial charge < -0.3 is 43.7 Å². The molecule has 0 spiro atoms. The molecular weight excluding hydrogens is 612 g/mol. The minimum Gasteiger partial charge on any atom is -0.428 e. The number of ether oxygens (including phenoxy) is 6. The number of carbonyl (C=O) groups is 5. The first-order valence-electron chi connectivity index (χ1n) is 15.3. The molecule has 2 saturated heterocycles. The predicted molar refractivity (Wildman–Crippen MR) is 158 cm³/mol. The highest BCUT2D eigenvalue weighted by atomic mass is 32.2. The fourth-order valence-electron chi connectivity index (χ4n) is 5.73. The van der Waals surface area contributed by atoms with Crippen LogP contribution in [0.15, 0.2) is 22.4 Å². The van der Waals surface area contributed by atoms with Crippen molar-refractivity contribution in [1.29, 1.82) is 0 Å². The molecule has 0 aromatic carbocycles. The summed E-state index contributed by atoms with van der Waals surface area (Å²) in [5.41, 5.74) is 0.0307. The molecule has 0 aromatic rings. The second-order valence-corrected chi connectivity index (χ2v) is 13.0. The lowest BCUT2D eigenvalue weighted by Gasteiger charge is -2.46. The number of nitrogens with one attached hydrogen (secondary N) is 1. The third kappa shape index (κ3) is 8.30. The number of carbonyl (C=O) groups excluding carboxylic acids is 5. The van der Waals surface area contributed by atoms with Gasteiger partial charge >= 0.3 is 24.2 Å². The highest BCUT2D eigenvalue weighted by Crippen LogP contribution is 2.52. The van der Waals surface area contributed by atoms with E-state index in [4.69, 9.17) is 28.4 Å². The molecule has 14 nitrogen and oxygen atoms in total. The van der Waals surface area contributed by atoms with Gasteiger partial charge in [0.2, 0.25) is 19.0 Å². The quantitative estimate of drug-likeness (QED) is 0.136. The maximum atomic E-state index is 13.5. The molecule has 250 valence electrons. The second kappa shape index (κ2) is 15.3. The Hall–Kier alpha value is -3.30. The molecule has 7 atom stereocenters. The average molecular weight is 655 g/mol. The lowest BCUT2D eigenvalue weighted by molar-refractivity contribution is -0.173. The Balaban J connectivity index is 1.41. The van der Waals surface area contributed by atoms with E-state index in [0.29, 0.717) is 30.1 Å². The zero-order chi connectivity index (χ0) is 32.8. The van der Waals surface area contributed by atoms with E-state index >= 15 is 0 Å². The number of hydrogen-bond acceptors (Lipinski definition) is 13. The molecule has 15 heteroatoms. The molecule has 4 rings (SSSR count). The third-order valence-corrected chi connectivity index (χ3v) is 9.70. The van der Waals surface area contributed by atoms with Crippen molar-refractivity contribution in [2.45, 2.75) is 96.5 Å². The van der Waals surface area contributed by atoms with Crippen LogP contribution >= 0.6 is 11.8 Å². The van der Waals surface area contributed by atoms with E-state index in [1.54, 1.807) is 13.8 Å². The van der Waals surface area contributed by atoms with Crippen molar-refractivity contribution in [2.24, 2.45) is 17.8 Å². The van der Waals surface area contributed by atoms with E-state index in [1.807, 2.05) is 13.0 Å². The molecular formula is C30H42N2O12S. The summed E-state index contributed by atoms with van der Waals surface area (Å²) in [6.07, 6.45) is 1.30. The molecule has 4 aliphatic rings. The molecule has 2 fully saturated rings. The topological polar surface area (TPSA) is 176 Å². The molecule has 2 amide bonds. The largest absolute Gasteiger partial charge is 0.516 e. The van der Waals surface area contributed by atoms with Crippen LogP contribution in [-0.4, -0.2) is 89.8 Å². The SMILES string of the molecule is CC(OC(=O)OC1=CCCCC1)OC(=O)C1=C(S[C@@H]2CCO[C@@H]2CNC(=O)OCOC(=O)C(C)C)[C@H](C)C2[C@@H]([C@@H](C)O)C(=O)N12. The number of esters is 2. The fourth-order valence-corrected chi connectivity index (χ4v) is 7.24. The van der Waals surface area contributed by atoms with Crippen molar-refractivity contribution in [3.8, 4) is 0 Å². The highest BCUT2D eigenvalue weighted by Gasteiger charge is 2.60. The normalized spacial score (nSPS) is 27.2. The van der Waals surface area contributed by atoms with Gasteiger partial charge in [-0.1, -0.05) is 20.8 Å². The molecule has 2 unspecified atom stereocenters. The van der Waals surface area contributed by atoms with Gasteiger partial charge in [0, 0.05) is 42.6 Å². The molecule has 1 aliphatic carbocycles. The minimum absolute atomic E-state index is 0.0307. The van der Waals surface area contributed by atoms with Gasteiger partial charge in [-0.3, -0.25) is 9.59 Å². The van der Waals surface area contributed by atoms with Gasteiger partial charge in [-0.25, -0.2) is 14.4 Å². The van der Waals surface area contributed by atoms with Crippen LogP contribution in [0.1, 0.15) is 66.7 Å². The molecule has 45 heavy (non-hydrogen) atoms. The van der Waals surface area contributed by atoms with Crippen LogP contribution in [0.3, 0.4) is 0 Å². The van der Waals surface area contributed by atoms with Gasteiger partial charge in [-0.05, 0) is 38.7 Å². The van der Waals surface area contributed by atoms with Gasteiger partial charge in [-0.2, -0.15) is 0 Å². The van der Waals surface area contributed by atoms with Gasteiger partial charge in [-0.15, -0.1) is 11.8 Å². The molecule has 3 aliphatic heterocycles. The first-order chi connectivity index (χ1) is 21.4. The van der Waals surface area contributed by atoms with Crippen molar-refractivity contribution in [3.05, 3.63) is 22.4 Å². The first-order valence-corrected chi connectivity index (χ1v) is 16.2. The Morgan fingerprint density at radius 2 is 1.89 bits per heavy atom. The van der Waals surface area contributed by atoms with Crippen LogP contribution in [-0.2, 0) is 42.8 Å². The number of hydrogen-bond donors (Lipinski definition) is 2. The van der Waals surface area contributed by atoms with Gasteiger partial charge in [0.15, 0.2) is 0 Å². The van der Waals surface area contributed by atoms with Crippen LogP contribution < -0.4 is 5.32 Å². The van der Waals surface area contributed by atoms with Gasteiger partial charge in [0.25, 0.3) is 0 Å². The monoisotopic (exact) mass is 654 g/mol. The number of aliphatic hydroxyl groups is 1. The maximum Gasteiger partial charge on any atom is 0.516 e. The minimum atomic E-state index is -1.30. The summed E-state index contributed by atoms with van der Waals surface area (Å²) in [4.78, 5) is 64.5. The Morgan fingerprint density at radius 1 is 1.13 bits per heavy atom. The fraction of sp³-hybridized carbons (Fsp3) is 0.700. The van der Waals surface area contributed by atoms with Gasteiger partial charge in [0.1, 0.15) is 11.5 Å². The molecule has 2 N–H and O–H groups in total. The summed E-state index contributed by atoms with van der Waals surface area (Å²) in [6.45, 7) is 8.07. The van der Waals surface area contributed by atoms with Crippen molar-refractivity contribution >= 4 is 41.9 Å². The van der Waals surface area contributed by atoms with Crippen molar-refractivity contribution in [1.82, 2.24) is 10.2 Å². The third-order valence-electron chi connectivity index (χ3n) is 8.04. The van der Waals surface area contributed by atoms with Crippen LogP contribution in [0.5, 0.6) is 0 Å². The standard InChI is InChI=1S/C30H42N2O12S/c1-15(2)27(35)40-14-41-29(37)31-13-20-21(11-12-39-20)45-25-16(3)23-22(17(4)33)26(34)32(23)24(25)28(36)42-18(5)43-30(38)44-19-9-7-6-8-10-19/h9,15-18,20-23,33H,6-8,10-14H2,1-5H3,(H,31,37)/t16-,17-,18?,20-,21-,22-,23?/m1/s1. The number of fused-ring (bicyclic) bond motifs is 1. The summed E-state index contributed by atoms with van der Waals surface area (Å²) in [5, 5.41) is 12.7. The van der Waals surface area contributed by atoms with E-state index in [0.717, 1.165) is 19.3 Å². The Morgan fingerprint density at radius 3 is 2.56 bits per heavy atom. The summed E-state index contributed by atoms with van der Waals surface area (Å²) in [5.74, 6) is -2.59. The summed E-state index contributed by atoms with van der Waals surface area (Å²) < 4.78 is 31.4. The van der Waals surface area contributed by atoms with Crippen LogP contribution in [0.2, 0.25) is 0 Å². The lowest BCUT2D eigenvalue weighted by atomic mass is 9.79. The number of thioether (sulfide) groups is 1. The number of nitrogens with zero attached hydrogens (tertiary/aromatic N) is 1. The Kier molecular flexibility index (Phi) is 11.8. The zero-order valence-corrected chi connectivity index (χ0v) is 27.0. The number of allylic oxidation sites excluding steroid dienone is 2. The summed E-state index contributed by atoms with van der Waals surface area (Å²) in [6, 6.07) is -0.454. The number of aliphatic hydroxyl groups excluding tert-OH is 1. The van der Waals surface area contributed by atoms with Crippen molar-refractivity contribution in [2.75, 3.05) is 19.9 Å². The van der Waals surface area contributed by atoms with E-state index in [1.165, 1.54) is 30.5 Å². The molecule has 0 aromatic heterocycles. The zero-order valence-electron chi connectivity index (χ0n) is 26.1. The second-order valence-electron chi connectivity index (χ2n) is 11.7. The number of alkyl carbamates (subject to hydrolysis) is 1. The smallest absolute Gasteiger partial charge is 0.428 e. The molecule has 0 bridgehead atoms. The van der Waals surface area contributed by atoms with Gasteiger partial charge in [0.05, 0.1) is 30.1 Å². The Bertz CT molecular complexity index is 1220.